The van der Waals surface area contributed by atoms with Crippen molar-refractivity contribution in [1.29, 1.82) is 0 Å². The van der Waals surface area contributed by atoms with Crippen LogP contribution in [0.15, 0.2) is 29.4 Å². The summed E-state index contributed by atoms with van der Waals surface area (Å²) in [7, 11) is 4.01. The van der Waals surface area contributed by atoms with Crippen molar-refractivity contribution in [2.75, 3.05) is 24.7 Å². The minimum Gasteiger partial charge on any atom is -0.378 e. The maximum Gasteiger partial charge on any atom is 0.196 e. The smallest absolute Gasteiger partial charge is 0.196 e. The first-order valence-electron chi connectivity index (χ1n) is 6.31. The summed E-state index contributed by atoms with van der Waals surface area (Å²) in [4.78, 5) is 13.2. The summed E-state index contributed by atoms with van der Waals surface area (Å²) in [5.41, 5.74) is 2.14. The highest BCUT2D eigenvalue weighted by molar-refractivity contribution is 7.99. The number of rotatable bonds is 5. The zero-order chi connectivity index (χ0) is 14.7. The van der Waals surface area contributed by atoms with Crippen LogP contribution in [-0.2, 0) is 4.79 Å². The fourth-order valence-electron chi connectivity index (χ4n) is 1.80. The van der Waals surface area contributed by atoms with Crippen molar-refractivity contribution >= 4 is 23.2 Å². The van der Waals surface area contributed by atoms with Gasteiger partial charge in [-0.3, -0.25) is 9.36 Å². The predicted octanol–water partition coefficient (Wildman–Crippen LogP) is 2.32. The van der Waals surface area contributed by atoms with Gasteiger partial charge in [0, 0.05) is 25.5 Å². The van der Waals surface area contributed by atoms with E-state index in [1.165, 1.54) is 11.8 Å². The second kappa shape index (κ2) is 6.09. The van der Waals surface area contributed by atoms with Crippen LogP contribution < -0.4 is 4.90 Å². The minimum atomic E-state index is 0.130. The summed E-state index contributed by atoms with van der Waals surface area (Å²) < 4.78 is 1.97. The van der Waals surface area contributed by atoms with Crippen molar-refractivity contribution in [2.45, 2.75) is 19.0 Å². The summed E-state index contributed by atoms with van der Waals surface area (Å²) in [6.07, 6.45) is 0. The van der Waals surface area contributed by atoms with Crippen molar-refractivity contribution in [2.24, 2.45) is 0 Å². The number of nitrogens with zero attached hydrogens (tertiary/aromatic N) is 4. The van der Waals surface area contributed by atoms with E-state index in [0.717, 1.165) is 22.4 Å². The van der Waals surface area contributed by atoms with E-state index in [1.807, 2.05) is 54.8 Å². The zero-order valence-electron chi connectivity index (χ0n) is 12.1. The molecule has 0 bridgehead atoms. The van der Waals surface area contributed by atoms with Crippen LogP contribution in [0.2, 0.25) is 0 Å². The van der Waals surface area contributed by atoms with Gasteiger partial charge in [0.05, 0.1) is 5.75 Å². The van der Waals surface area contributed by atoms with E-state index in [1.54, 1.807) is 6.92 Å². The molecule has 2 aromatic rings. The Hall–Kier alpha value is -1.82. The van der Waals surface area contributed by atoms with Crippen LogP contribution in [0, 0.1) is 6.92 Å². The predicted molar refractivity (Wildman–Crippen MR) is 81.8 cm³/mol. The van der Waals surface area contributed by atoms with Crippen LogP contribution in [-0.4, -0.2) is 40.4 Å². The molecule has 6 heteroatoms. The Labute approximate surface area is 123 Å². The summed E-state index contributed by atoms with van der Waals surface area (Å²) in [5.74, 6) is 1.35. The molecule has 1 aromatic carbocycles. The average molecular weight is 290 g/mol. The van der Waals surface area contributed by atoms with Crippen molar-refractivity contribution in [3.8, 4) is 5.69 Å². The van der Waals surface area contributed by atoms with Gasteiger partial charge in [0.2, 0.25) is 0 Å². The summed E-state index contributed by atoms with van der Waals surface area (Å²) in [5, 5.41) is 8.98. The van der Waals surface area contributed by atoms with E-state index in [2.05, 4.69) is 10.2 Å². The summed E-state index contributed by atoms with van der Waals surface area (Å²) in [6, 6.07) is 8.16. The Kier molecular flexibility index (Phi) is 4.44. The Balaban J connectivity index is 2.31. The number of Topliss-reactive ketones (excluding diaryl/α,β-unsaturated/α-hetero) is 1. The lowest BCUT2D eigenvalue weighted by atomic mass is 10.2. The molecule has 0 aliphatic carbocycles. The molecular weight excluding hydrogens is 272 g/mol. The monoisotopic (exact) mass is 290 g/mol. The van der Waals surface area contributed by atoms with Crippen LogP contribution in [0.1, 0.15) is 12.7 Å². The summed E-state index contributed by atoms with van der Waals surface area (Å²) in [6.45, 7) is 3.48. The maximum atomic E-state index is 11.1. The number of thioether (sulfide) groups is 1. The molecule has 0 aliphatic heterocycles. The van der Waals surface area contributed by atoms with Gasteiger partial charge in [-0.05, 0) is 38.1 Å². The van der Waals surface area contributed by atoms with E-state index in [4.69, 9.17) is 0 Å². The number of aryl methyl sites for hydroxylation is 1. The second-order valence-electron chi connectivity index (χ2n) is 4.77. The van der Waals surface area contributed by atoms with Gasteiger partial charge in [0.1, 0.15) is 11.6 Å². The number of hydrogen-bond acceptors (Lipinski definition) is 5. The van der Waals surface area contributed by atoms with Crippen LogP contribution in [0.4, 0.5) is 5.69 Å². The fourth-order valence-corrected chi connectivity index (χ4v) is 2.60. The number of anilines is 1. The van der Waals surface area contributed by atoms with Crippen LogP contribution >= 0.6 is 11.8 Å². The van der Waals surface area contributed by atoms with E-state index < -0.39 is 0 Å². The molecule has 0 fully saturated rings. The van der Waals surface area contributed by atoms with Gasteiger partial charge in [-0.15, -0.1) is 10.2 Å². The van der Waals surface area contributed by atoms with Crippen molar-refractivity contribution in [3.63, 3.8) is 0 Å². The fraction of sp³-hybridized carbons (Fsp3) is 0.357. The molecule has 1 aromatic heterocycles. The number of aromatic nitrogens is 3. The Morgan fingerprint density at radius 1 is 1.25 bits per heavy atom. The third-order valence-corrected chi connectivity index (χ3v) is 3.90. The number of hydrogen-bond donors (Lipinski definition) is 0. The molecule has 5 nitrogen and oxygen atoms in total. The van der Waals surface area contributed by atoms with E-state index in [0.29, 0.717) is 5.75 Å². The average Bonchev–Trinajstić information content (AvgIpc) is 2.77. The lowest BCUT2D eigenvalue weighted by Crippen LogP contribution is -2.08. The third kappa shape index (κ3) is 3.19. The molecular formula is C14H18N4OS. The molecule has 0 unspecified atom stereocenters. The third-order valence-electron chi connectivity index (χ3n) is 2.82. The molecule has 0 saturated carbocycles. The highest BCUT2D eigenvalue weighted by atomic mass is 32.2. The van der Waals surface area contributed by atoms with Gasteiger partial charge < -0.3 is 4.90 Å². The van der Waals surface area contributed by atoms with Crippen molar-refractivity contribution < 1.29 is 4.79 Å². The molecule has 1 heterocycles. The van der Waals surface area contributed by atoms with Gasteiger partial charge in [-0.1, -0.05) is 11.8 Å². The quantitative estimate of drug-likeness (QED) is 0.791. The van der Waals surface area contributed by atoms with E-state index in [-0.39, 0.29) is 5.78 Å². The molecule has 0 saturated heterocycles. The van der Waals surface area contributed by atoms with Crippen molar-refractivity contribution in [1.82, 2.24) is 14.8 Å². The lowest BCUT2D eigenvalue weighted by molar-refractivity contribution is -0.114. The number of carbonyl (C=O) groups is 1. The second-order valence-corrected chi connectivity index (χ2v) is 5.71. The molecule has 106 valence electrons. The molecule has 0 amide bonds. The van der Waals surface area contributed by atoms with Crippen LogP contribution in [0.25, 0.3) is 5.69 Å². The van der Waals surface area contributed by atoms with Gasteiger partial charge in [0.25, 0.3) is 0 Å². The number of ketones is 1. The lowest BCUT2D eigenvalue weighted by Gasteiger charge is -2.14. The first-order chi connectivity index (χ1) is 9.49. The first kappa shape index (κ1) is 14.6. The minimum absolute atomic E-state index is 0.130. The first-order valence-corrected chi connectivity index (χ1v) is 7.29. The Bertz CT molecular complexity index is 604. The molecule has 0 spiro atoms. The zero-order valence-corrected chi connectivity index (χ0v) is 12.9. The molecule has 0 N–H and O–H groups in total. The number of carbonyl (C=O) groups excluding carboxylic acids is 1. The van der Waals surface area contributed by atoms with Crippen LogP contribution in [0.3, 0.4) is 0 Å². The van der Waals surface area contributed by atoms with Crippen molar-refractivity contribution in [3.05, 3.63) is 30.1 Å². The highest BCUT2D eigenvalue weighted by Gasteiger charge is 2.12. The van der Waals surface area contributed by atoms with Gasteiger partial charge in [-0.2, -0.15) is 0 Å². The van der Waals surface area contributed by atoms with Gasteiger partial charge in [-0.25, -0.2) is 0 Å². The van der Waals surface area contributed by atoms with Gasteiger partial charge >= 0.3 is 0 Å². The normalized spacial score (nSPS) is 10.6. The number of benzene rings is 1. The molecule has 0 atom stereocenters. The van der Waals surface area contributed by atoms with Gasteiger partial charge in [0.15, 0.2) is 5.16 Å². The largest absolute Gasteiger partial charge is 0.378 e. The van der Waals surface area contributed by atoms with E-state index >= 15 is 0 Å². The Morgan fingerprint density at radius 2 is 1.90 bits per heavy atom. The topological polar surface area (TPSA) is 51.0 Å². The molecule has 0 aliphatic rings. The Morgan fingerprint density at radius 3 is 2.45 bits per heavy atom. The van der Waals surface area contributed by atoms with Crippen LogP contribution in [0.5, 0.6) is 0 Å². The standard InChI is InChI=1S/C14H18N4OS/c1-10(19)9-20-14-16-15-11(2)18(14)13-7-5-12(6-8-13)17(3)4/h5-8H,9H2,1-4H3. The molecule has 0 radical (unpaired) electrons. The highest BCUT2D eigenvalue weighted by Crippen LogP contribution is 2.23. The summed E-state index contributed by atoms with van der Waals surface area (Å²) >= 11 is 1.41. The SMILES string of the molecule is CC(=O)CSc1nnc(C)n1-c1ccc(N(C)C)cc1. The molecule has 2 rings (SSSR count). The maximum absolute atomic E-state index is 11.1. The molecule has 20 heavy (non-hydrogen) atoms. The van der Waals surface area contributed by atoms with E-state index in [9.17, 15) is 4.79 Å².